The van der Waals surface area contributed by atoms with Crippen LogP contribution >= 0.6 is 22.9 Å². The van der Waals surface area contributed by atoms with Crippen LogP contribution in [0, 0.1) is 13.8 Å². The minimum Gasteiger partial charge on any atom is -0.337 e. The number of pyridine rings is 1. The van der Waals surface area contributed by atoms with Crippen LogP contribution in [-0.2, 0) is 13.0 Å². The average molecular weight is 405 g/mol. The molecule has 27 heavy (non-hydrogen) atoms. The van der Waals surface area contributed by atoms with Crippen LogP contribution in [0.2, 0.25) is 5.15 Å². The molecule has 0 unspecified atom stereocenters. The highest BCUT2D eigenvalue weighted by Crippen LogP contribution is 2.32. The van der Waals surface area contributed by atoms with E-state index in [0.29, 0.717) is 23.3 Å². The molecule has 0 aliphatic carbocycles. The normalized spacial score (nSPS) is 10.8. The number of urea groups is 1. The van der Waals surface area contributed by atoms with Gasteiger partial charge < -0.3 is 9.88 Å². The maximum Gasteiger partial charge on any atom is 0.321 e. The largest absolute Gasteiger partial charge is 0.337 e. The summed E-state index contributed by atoms with van der Waals surface area (Å²) in [6.45, 7) is 7.07. The second kappa shape index (κ2) is 8.49. The van der Waals surface area contributed by atoms with Gasteiger partial charge in [0.25, 0.3) is 0 Å². The number of nitrogens with zero attached hydrogens (tertiary/aromatic N) is 4. The minimum atomic E-state index is -0.298. The van der Waals surface area contributed by atoms with Crippen molar-refractivity contribution >= 4 is 34.1 Å². The molecule has 3 aromatic heterocycles. The first-order valence-electron chi connectivity index (χ1n) is 8.63. The quantitative estimate of drug-likeness (QED) is 0.648. The van der Waals surface area contributed by atoms with Crippen molar-refractivity contribution in [3.8, 4) is 10.4 Å². The molecule has 9 heteroatoms. The third-order valence-electron chi connectivity index (χ3n) is 4.09. The molecule has 0 spiro atoms. The lowest BCUT2D eigenvalue weighted by molar-refractivity contribution is 0.252. The van der Waals surface area contributed by atoms with Gasteiger partial charge in [-0.25, -0.2) is 14.8 Å². The molecular formula is C18H21ClN6OS. The molecule has 0 bridgehead atoms. The Morgan fingerprint density at radius 3 is 2.67 bits per heavy atom. The molecule has 0 aliphatic rings. The molecule has 0 aliphatic heterocycles. The molecule has 0 saturated carbocycles. The lowest BCUT2D eigenvalue weighted by atomic mass is 10.2. The Balaban J connectivity index is 1.56. The number of aryl methyl sites for hydroxylation is 2. The zero-order valence-corrected chi connectivity index (χ0v) is 17.0. The number of nitrogens with one attached hydrogen (secondary N) is 2. The maximum atomic E-state index is 12.1. The summed E-state index contributed by atoms with van der Waals surface area (Å²) in [7, 11) is 0. The highest BCUT2D eigenvalue weighted by molar-refractivity contribution is 7.19. The number of carbonyl (C=O) groups is 1. The predicted molar refractivity (Wildman–Crippen MR) is 108 cm³/mol. The van der Waals surface area contributed by atoms with Gasteiger partial charge in [-0.05, 0) is 38.5 Å². The molecule has 142 valence electrons. The van der Waals surface area contributed by atoms with Crippen molar-refractivity contribution in [2.75, 3.05) is 11.9 Å². The van der Waals surface area contributed by atoms with Crippen molar-refractivity contribution in [3.63, 3.8) is 0 Å². The van der Waals surface area contributed by atoms with Crippen molar-refractivity contribution in [1.82, 2.24) is 24.8 Å². The van der Waals surface area contributed by atoms with Crippen molar-refractivity contribution < 1.29 is 4.79 Å². The summed E-state index contributed by atoms with van der Waals surface area (Å²) < 4.78 is 1.94. The number of hydrogen-bond acceptors (Lipinski definition) is 5. The van der Waals surface area contributed by atoms with E-state index in [1.807, 2.05) is 37.5 Å². The lowest BCUT2D eigenvalue weighted by Gasteiger charge is -2.05. The van der Waals surface area contributed by atoms with Crippen molar-refractivity contribution in [3.05, 3.63) is 46.9 Å². The molecule has 3 heterocycles. The Morgan fingerprint density at radius 1 is 1.26 bits per heavy atom. The summed E-state index contributed by atoms with van der Waals surface area (Å²) >= 11 is 7.75. The van der Waals surface area contributed by atoms with Gasteiger partial charge in [0.05, 0.1) is 16.3 Å². The second-order valence-electron chi connectivity index (χ2n) is 5.94. The zero-order chi connectivity index (χ0) is 19.4. The predicted octanol–water partition coefficient (Wildman–Crippen LogP) is 4.06. The van der Waals surface area contributed by atoms with Crippen molar-refractivity contribution in [1.29, 1.82) is 0 Å². The van der Waals surface area contributed by atoms with Gasteiger partial charge >= 0.3 is 6.03 Å². The molecule has 2 amide bonds. The second-order valence-corrected chi connectivity index (χ2v) is 7.30. The van der Waals surface area contributed by atoms with Crippen LogP contribution in [0.25, 0.3) is 10.4 Å². The van der Waals surface area contributed by atoms with Crippen LogP contribution in [0.15, 0.2) is 24.5 Å². The van der Waals surface area contributed by atoms with E-state index in [2.05, 4.69) is 25.6 Å². The van der Waals surface area contributed by atoms with Crippen molar-refractivity contribution in [2.45, 2.75) is 33.7 Å². The third-order valence-corrected chi connectivity index (χ3v) is 5.63. The lowest BCUT2D eigenvalue weighted by Crippen LogP contribution is -2.30. The molecule has 7 nitrogen and oxygen atoms in total. The fraction of sp³-hybridized carbons (Fsp3) is 0.333. The SMILES string of the molecule is CCn1c(C)nc(CCNC(=O)Nc2nc(C)c(-c3ccncc3)s2)c1Cl. The number of imidazole rings is 1. The summed E-state index contributed by atoms with van der Waals surface area (Å²) in [5.74, 6) is 0.879. The molecule has 2 N–H and O–H groups in total. The van der Waals surface area contributed by atoms with E-state index in [4.69, 9.17) is 11.6 Å². The minimum absolute atomic E-state index is 0.298. The number of carbonyl (C=O) groups excluding carboxylic acids is 1. The fourth-order valence-corrected chi connectivity index (χ4v) is 4.13. The first-order chi connectivity index (χ1) is 13.0. The van der Waals surface area contributed by atoms with Crippen LogP contribution < -0.4 is 10.6 Å². The zero-order valence-electron chi connectivity index (χ0n) is 15.4. The van der Waals surface area contributed by atoms with E-state index in [1.165, 1.54) is 11.3 Å². The summed E-state index contributed by atoms with van der Waals surface area (Å²) in [6.07, 6.45) is 4.04. The van der Waals surface area contributed by atoms with Crippen LogP contribution in [-0.4, -0.2) is 32.1 Å². The van der Waals surface area contributed by atoms with E-state index in [1.54, 1.807) is 12.4 Å². The molecular weight excluding hydrogens is 384 g/mol. The van der Waals surface area contributed by atoms with Gasteiger partial charge in [0, 0.05) is 31.9 Å². The third kappa shape index (κ3) is 4.45. The summed E-state index contributed by atoms with van der Waals surface area (Å²) in [6, 6.07) is 3.55. The van der Waals surface area contributed by atoms with Gasteiger partial charge in [-0.3, -0.25) is 10.3 Å². The first kappa shape index (κ1) is 19.3. The van der Waals surface area contributed by atoms with E-state index in [0.717, 1.165) is 34.2 Å². The molecule has 0 aromatic carbocycles. The van der Waals surface area contributed by atoms with Crippen molar-refractivity contribution in [2.24, 2.45) is 0 Å². The van der Waals surface area contributed by atoms with Gasteiger partial charge in [-0.1, -0.05) is 22.9 Å². The Kier molecular flexibility index (Phi) is 6.08. The van der Waals surface area contributed by atoms with E-state index < -0.39 is 0 Å². The van der Waals surface area contributed by atoms with Crippen LogP contribution in [0.1, 0.15) is 24.1 Å². The monoisotopic (exact) mass is 404 g/mol. The van der Waals surface area contributed by atoms with Crippen LogP contribution in [0.5, 0.6) is 0 Å². The summed E-state index contributed by atoms with van der Waals surface area (Å²) in [4.78, 5) is 26.1. The molecule has 0 radical (unpaired) electrons. The molecule has 3 aromatic rings. The Morgan fingerprint density at radius 2 is 2.00 bits per heavy atom. The maximum absolute atomic E-state index is 12.1. The summed E-state index contributed by atoms with van der Waals surface area (Å²) in [5.41, 5.74) is 2.69. The molecule has 3 rings (SSSR count). The number of amides is 2. The van der Waals surface area contributed by atoms with Gasteiger partial charge in [-0.15, -0.1) is 0 Å². The smallest absolute Gasteiger partial charge is 0.321 e. The van der Waals surface area contributed by atoms with Gasteiger partial charge in [0.1, 0.15) is 11.0 Å². The van der Waals surface area contributed by atoms with E-state index in [9.17, 15) is 4.79 Å². The van der Waals surface area contributed by atoms with Gasteiger partial charge in [0.15, 0.2) is 5.13 Å². The fourth-order valence-electron chi connectivity index (χ4n) is 2.78. The number of rotatable bonds is 6. The van der Waals surface area contributed by atoms with E-state index in [-0.39, 0.29) is 6.03 Å². The number of thiazole rings is 1. The number of hydrogen-bond donors (Lipinski definition) is 2. The Bertz CT molecular complexity index is 937. The van der Waals surface area contributed by atoms with Crippen LogP contribution in [0.4, 0.5) is 9.93 Å². The van der Waals surface area contributed by atoms with E-state index >= 15 is 0 Å². The highest BCUT2D eigenvalue weighted by atomic mass is 35.5. The highest BCUT2D eigenvalue weighted by Gasteiger charge is 2.13. The van der Waals surface area contributed by atoms with Gasteiger partial charge in [-0.2, -0.15) is 0 Å². The number of aromatic nitrogens is 4. The first-order valence-corrected chi connectivity index (χ1v) is 9.83. The molecule has 0 saturated heterocycles. The molecule has 0 atom stereocenters. The number of anilines is 1. The average Bonchev–Trinajstić information content (AvgIpc) is 3.14. The standard InChI is InChI=1S/C18H21ClN6OS/c1-4-25-12(3)23-14(16(25)19)7-10-21-17(26)24-18-22-11(2)15(27-18)13-5-8-20-9-6-13/h5-6,8-9H,4,7,10H2,1-3H3,(H2,21,22,24,26). The Hall–Kier alpha value is -2.45. The van der Waals surface area contributed by atoms with Gasteiger partial charge in [0.2, 0.25) is 0 Å². The molecule has 0 fully saturated rings. The van der Waals surface area contributed by atoms with Crippen LogP contribution in [0.3, 0.4) is 0 Å². The summed E-state index contributed by atoms with van der Waals surface area (Å²) in [5, 5.41) is 6.80. The topological polar surface area (TPSA) is 84.7 Å². The Labute approximate surface area is 166 Å². The number of halogens is 1.